The van der Waals surface area contributed by atoms with Gasteiger partial charge in [0.25, 0.3) is 0 Å². The molecule has 16 heavy (non-hydrogen) atoms. The zero-order chi connectivity index (χ0) is 11.9. The first-order chi connectivity index (χ1) is 7.70. The lowest BCUT2D eigenvalue weighted by Gasteiger charge is -2.15. The Morgan fingerprint density at radius 2 is 2.12 bits per heavy atom. The van der Waals surface area contributed by atoms with Crippen molar-refractivity contribution in [3.63, 3.8) is 0 Å². The van der Waals surface area contributed by atoms with Crippen LogP contribution in [0.15, 0.2) is 23.7 Å². The van der Waals surface area contributed by atoms with Gasteiger partial charge in [0.15, 0.2) is 0 Å². The van der Waals surface area contributed by atoms with Crippen molar-refractivity contribution in [3.8, 4) is 0 Å². The Labute approximate surface area is 99.9 Å². The summed E-state index contributed by atoms with van der Waals surface area (Å²) in [5.41, 5.74) is 0. The van der Waals surface area contributed by atoms with Gasteiger partial charge in [-0.05, 0) is 31.4 Å². The number of thiophene rings is 1. The third-order valence-electron chi connectivity index (χ3n) is 1.62. The second-order valence-electron chi connectivity index (χ2n) is 2.81. The van der Waals surface area contributed by atoms with Crippen LogP contribution < -0.4 is 5.09 Å². The highest BCUT2D eigenvalue weighted by Gasteiger charge is 2.20. The lowest BCUT2D eigenvalue weighted by molar-refractivity contribution is 0.215. The van der Waals surface area contributed by atoms with Crippen LogP contribution in [0.1, 0.15) is 18.7 Å². The predicted molar refractivity (Wildman–Crippen MR) is 67.3 cm³/mol. The molecule has 1 aromatic heterocycles. The second-order valence-corrected chi connectivity index (χ2v) is 5.56. The minimum atomic E-state index is -3.17. The first-order valence-electron chi connectivity index (χ1n) is 5.07. The van der Waals surface area contributed by atoms with Gasteiger partial charge < -0.3 is 0 Å². The summed E-state index contributed by atoms with van der Waals surface area (Å²) in [6.07, 6.45) is 3.42. The first-order valence-corrected chi connectivity index (χ1v) is 7.49. The predicted octanol–water partition coefficient (Wildman–Crippen LogP) is 3.49. The number of hydrogen-bond acceptors (Lipinski definition) is 4. The summed E-state index contributed by atoms with van der Waals surface area (Å²) in [4.78, 5) is 1.08. The molecule has 1 rings (SSSR count). The summed E-state index contributed by atoms with van der Waals surface area (Å²) in [5, 5.41) is 4.65. The number of rotatable bonds is 7. The minimum Gasteiger partial charge on any atom is -0.300 e. The maximum Gasteiger partial charge on any atom is 0.432 e. The van der Waals surface area contributed by atoms with Crippen molar-refractivity contribution in [2.45, 2.75) is 13.8 Å². The van der Waals surface area contributed by atoms with Crippen LogP contribution in [0.4, 0.5) is 0 Å². The summed E-state index contributed by atoms with van der Waals surface area (Å²) in [6.45, 7) is 4.24. The lowest BCUT2D eigenvalue weighted by Crippen LogP contribution is -2.08. The van der Waals surface area contributed by atoms with E-state index in [9.17, 15) is 4.57 Å². The average molecular weight is 261 g/mol. The smallest absolute Gasteiger partial charge is 0.300 e. The Bertz CT molecular complexity index is 354. The van der Waals surface area contributed by atoms with E-state index >= 15 is 0 Å². The zero-order valence-corrected chi connectivity index (χ0v) is 11.1. The molecular weight excluding hydrogens is 245 g/mol. The highest BCUT2D eigenvalue weighted by molar-refractivity contribution is 7.51. The van der Waals surface area contributed by atoms with Gasteiger partial charge in [-0.3, -0.25) is 14.1 Å². The Balaban J connectivity index is 2.53. The zero-order valence-electron chi connectivity index (χ0n) is 9.38. The van der Waals surface area contributed by atoms with Gasteiger partial charge in [0.1, 0.15) is 0 Å². The summed E-state index contributed by atoms with van der Waals surface area (Å²) < 4.78 is 22.1. The van der Waals surface area contributed by atoms with Crippen LogP contribution >= 0.6 is 19.1 Å². The standard InChI is InChI=1S/C10H16NO3PS/c1-3-13-15(12,14-4-2)11-8-7-10-6-5-9-16-10/h5-9H,3-4H2,1-2H3,(H,11,12). The minimum absolute atomic E-state index is 0.344. The summed E-state index contributed by atoms with van der Waals surface area (Å²) in [6, 6.07) is 3.92. The molecule has 0 aliphatic heterocycles. The normalized spacial score (nSPS) is 12.1. The molecule has 4 nitrogen and oxygen atoms in total. The van der Waals surface area contributed by atoms with Gasteiger partial charge in [-0.25, -0.2) is 4.57 Å². The molecule has 0 saturated heterocycles. The summed E-state index contributed by atoms with van der Waals surface area (Å²) >= 11 is 1.60. The van der Waals surface area contributed by atoms with Crippen molar-refractivity contribution in [2.24, 2.45) is 0 Å². The molecule has 0 saturated carbocycles. The molecule has 1 aromatic rings. The molecule has 0 aliphatic carbocycles. The van der Waals surface area contributed by atoms with Gasteiger partial charge in [-0.15, -0.1) is 11.3 Å². The van der Waals surface area contributed by atoms with Crippen LogP contribution in [-0.2, 0) is 13.6 Å². The molecule has 0 aromatic carbocycles. The van der Waals surface area contributed by atoms with E-state index in [-0.39, 0.29) is 0 Å². The first kappa shape index (κ1) is 13.5. The monoisotopic (exact) mass is 261 g/mol. The van der Waals surface area contributed by atoms with Gasteiger partial charge in [0, 0.05) is 11.1 Å². The van der Waals surface area contributed by atoms with Gasteiger partial charge >= 0.3 is 7.75 Å². The highest BCUT2D eigenvalue weighted by atomic mass is 32.1. The fourth-order valence-electron chi connectivity index (χ4n) is 1.05. The van der Waals surface area contributed by atoms with Crippen molar-refractivity contribution >= 4 is 25.2 Å². The van der Waals surface area contributed by atoms with Crippen LogP contribution in [0.25, 0.3) is 6.08 Å². The lowest BCUT2D eigenvalue weighted by atomic mass is 10.5. The Morgan fingerprint density at radius 3 is 2.62 bits per heavy atom. The van der Waals surface area contributed by atoms with E-state index in [2.05, 4.69) is 5.09 Å². The SMILES string of the molecule is CCOP(=O)(NC=Cc1cccs1)OCC. The average Bonchev–Trinajstić information content (AvgIpc) is 2.71. The second kappa shape index (κ2) is 6.86. The van der Waals surface area contributed by atoms with E-state index in [4.69, 9.17) is 9.05 Å². The molecule has 0 aliphatic rings. The van der Waals surface area contributed by atoms with Crippen molar-refractivity contribution in [1.82, 2.24) is 5.09 Å². The molecule has 90 valence electrons. The molecule has 0 bridgehead atoms. The molecule has 1 N–H and O–H groups in total. The van der Waals surface area contributed by atoms with Crippen LogP contribution in [-0.4, -0.2) is 13.2 Å². The van der Waals surface area contributed by atoms with E-state index in [1.165, 1.54) is 0 Å². The molecule has 6 heteroatoms. The fraction of sp³-hybridized carbons (Fsp3) is 0.400. The molecule has 0 spiro atoms. The van der Waals surface area contributed by atoms with Crippen LogP contribution in [0.2, 0.25) is 0 Å². The van der Waals surface area contributed by atoms with E-state index in [0.29, 0.717) is 13.2 Å². The third-order valence-corrected chi connectivity index (χ3v) is 4.12. The maximum atomic E-state index is 11.9. The maximum absolute atomic E-state index is 11.9. The molecule has 1 heterocycles. The van der Waals surface area contributed by atoms with Crippen molar-refractivity contribution < 1.29 is 13.6 Å². The highest BCUT2D eigenvalue weighted by Crippen LogP contribution is 2.43. The van der Waals surface area contributed by atoms with E-state index in [0.717, 1.165) is 4.88 Å². The molecule has 0 atom stereocenters. The van der Waals surface area contributed by atoms with Gasteiger partial charge in [-0.1, -0.05) is 6.07 Å². The van der Waals surface area contributed by atoms with Crippen LogP contribution in [0.5, 0.6) is 0 Å². The van der Waals surface area contributed by atoms with E-state index < -0.39 is 7.75 Å². The Kier molecular flexibility index (Phi) is 5.77. The molecular formula is C10H16NO3PS. The Morgan fingerprint density at radius 1 is 1.44 bits per heavy atom. The summed E-state index contributed by atoms with van der Waals surface area (Å²) in [5.74, 6) is 0. The van der Waals surface area contributed by atoms with Crippen LogP contribution in [0.3, 0.4) is 0 Å². The van der Waals surface area contributed by atoms with Gasteiger partial charge in [0.05, 0.1) is 13.2 Å². The summed E-state index contributed by atoms with van der Waals surface area (Å²) in [7, 11) is -3.17. The molecule has 0 fully saturated rings. The topological polar surface area (TPSA) is 47.6 Å². The largest absolute Gasteiger partial charge is 0.432 e. The van der Waals surface area contributed by atoms with Crippen molar-refractivity contribution in [2.75, 3.05) is 13.2 Å². The fourth-order valence-corrected chi connectivity index (χ4v) is 2.83. The Hall–Kier alpha value is -0.610. The van der Waals surface area contributed by atoms with Gasteiger partial charge in [-0.2, -0.15) is 0 Å². The van der Waals surface area contributed by atoms with Crippen molar-refractivity contribution in [3.05, 3.63) is 28.6 Å². The van der Waals surface area contributed by atoms with E-state index in [1.807, 2.05) is 23.6 Å². The number of hydrogen-bond donors (Lipinski definition) is 1. The number of nitrogens with one attached hydrogen (secondary N) is 1. The van der Waals surface area contributed by atoms with Crippen LogP contribution in [0, 0.1) is 0 Å². The molecule has 0 amide bonds. The van der Waals surface area contributed by atoms with E-state index in [1.54, 1.807) is 31.4 Å². The quantitative estimate of drug-likeness (QED) is 0.763. The molecule has 0 radical (unpaired) electrons. The third kappa shape index (κ3) is 4.49. The van der Waals surface area contributed by atoms with Gasteiger partial charge in [0.2, 0.25) is 0 Å². The van der Waals surface area contributed by atoms with Crippen molar-refractivity contribution in [1.29, 1.82) is 0 Å². The molecule has 0 unspecified atom stereocenters.